The van der Waals surface area contributed by atoms with Gasteiger partial charge in [-0.3, -0.25) is 9.69 Å². The number of anilines is 1. The molecule has 1 amide bonds. The van der Waals surface area contributed by atoms with Crippen molar-refractivity contribution < 1.29 is 4.79 Å². The zero-order chi connectivity index (χ0) is 20.8. The van der Waals surface area contributed by atoms with E-state index in [9.17, 15) is 4.79 Å². The van der Waals surface area contributed by atoms with Gasteiger partial charge in [-0.25, -0.2) is 0 Å². The van der Waals surface area contributed by atoms with Crippen molar-refractivity contribution >= 4 is 23.4 Å². The Morgan fingerprint density at radius 2 is 1.73 bits per heavy atom. The second kappa shape index (κ2) is 9.91. The first kappa shape index (κ1) is 20.6. The lowest BCUT2D eigenvalue weighted by Crippen LogP contribution is -2.22. The van der Waals surface area contributed by atoms with Gasteiger partial charge >= 0.3 is 0 Å². The van der Waals surface area contributed by atoms with Crippen LogP contribution >= 0.6 is 11.8 Å². The molecule has 1 fully saturated rings. The van der Waals surface area contributed by atoms with Crippen molar-refractivity contribution in [1.29, 1.82) is 0 Å². The summed E-state index contributed by atoms with van der Waals surface area (Å²) in [6, 6.07) is 18.1. The molecule has 2 heterocycles. The Balaban J connectivity index is 1.45. The maximum Gasteiger partial charge on any atom is 0.234 e. The van der Waals surface area contributed by atoms with Crippen molar-refractivity contribution in [3.05, 3.63) is 71.5 Å². The summed E-state index contributed by atoms with van der Waals surface area (Å²) in [6.07, 6.45) is 2.49. The fraction of sp³-hybridized carbons (Fsp3) is 0.348. The van der Waals surface area contributed by atoms with Crippen LogP contribution in [0.5, 0.6) is 0 Å². The average molecular weight is 422 g/mol. The number of aryl methyl sites for hydroxylation is 1. The predicted molar refractivity (Wildman–Crippen MR) is 121 cm³/mol. The summed E-state index contributed by atoms with van der Waals surface area (Å²) in [6.45, 7) is 5.76. The molecule has 2 aromatic carbocycles. The molecule has 0 atom stereocenters. The van der Waals surface area contributed by atoms with Gasteiger partial charge in [-0.05, 0) is 50.6 Å². The molecule has 1 saturated heterocycles. The Morgan fingerprint density at radius 3 is 2.47 bits per heavy atom. The molecule has 156 valence electrons. The first-order valence-corrected chi connectivity index (χ1v) is 11.3. The Labute approximate surface area is 181 Å². The summed E-state index contributed by atoms with van der Waals surface area (Å²) in [4.78, 5) is 14.8. The quantitative estimate of drug-likeness (QED) is 0.558. The topological polar surface area (TPSA) is 63.1 Å². The number of carbonyl (C=O) groups excluding carboxylic acids is 1. The summed E-state index contributed by atoms with van der Waals surface area (Å²) in [5.74, 6) is 1.21. The molecule has 0 unspecified atom stereocenters. The number of hydrogen-bond donors (Lipinski definition) is 1. The number of amides is 1. The zero-order valence-corrected chi connectivity index (χ0v) is 18.1. The molecule has 1 aromatic heterocycles. The van der Waals surface area contributed by atoms with Gasteiger partial charge < -0.3 is 9.88 Å². The highest BCUT2D eigenvalue weighted by molar-refractivity contribution is 7.99. The molecule has 1 aliphatic heterocycles. The second-order valence-corrected chi connectivity index (χ2v) is 8.60. The number of thioether (sulfide) groups is 1. The maximum atomic E-state index is 12.4. The van der Waals surface area contributed by atoms with Crippen LogP contribution in [0, 0.1) is 6.92 Å². The van der Waals surface area contributed by atoms with Crippen molar-refractivity contribution in [1.82, 2.24) is 19.7 Å². The molecule has 30 heavy (non-hydrogen) atoms. The number of nitrogens with zero attached hydrogens (tertiary/aromatic N) is 4. The molecule has 1 aliphatic rings. The molecular formula is C23H27N5OS. The minimum Gasteiger partial charge on any atom is -0.325 e. The van der Waals surface area contributed by atoms with E-state index in [2.05, 4.69) is 37.1 Å². The second-order valence-electron chi connectivity index (χ2n) is 7.66. The molecule has 7 heteroatoms. The first-order chi connectivity index (χ1) is 14.7. The minimum atomic E-state index is -0.0424. The van der Waals surface area contributed by atoms with Gasteiger partial charge in [0.15, 0.2) is 5.16 Å². The molecule has 0 bridgehead atoms. The summed E-state index contributed by atoms with van der Waals surface area (Å²) < 4.78 is 2.15. The van der Waals surface area contributed by atoms with Gasteiger partial charge in [0, 0.05) is 5.69 Å². The lowest BCUT2D eigenvalue weighted by molar-refractivity contribution is -0.113. The van der Waals surface area contributed by atoms with Gasteiger partial charge in [-0.2, -0.15) is 0 Å². The fourth-order valence-electron chi connectivity index (χ4n) is 3.57. The molecule has 3 aromatic rings. The maximum absolute atomic E-state index is 12.4. The van der Waals surface area contributed by atoms with Crippen molar-refractivity contribution in [2.75, 3.05) is 24.2 Å². The van der Waals surface area contributed by atoms with Gasteiger partial charge in [-0.15, -0.1) is 10.2 Å². The Bertz CT molecular complexity index is 965. The Morgan fingerprint density at radius 1 is 1.00 bits per heavy atom. The van der Waals surface area contributed by atoms with Gasteiger partial charge in [-0.1, -0.05) is 59.8 Å². The summed E-state index contributed by atoms with van der Waals surface area (Å²) in [7, 11) is 0. The molecule has 0 spiro atoms. The van der Waals surface area contributed by atoms with E-state index in [0.29, 0.717) is 12.3 Å². The number of carbonyl (C=O) groups is 1. The predicted octanol–water partition coefficient (Wildman–Crippen LogP) is 3.96. The summed E-state index contributed by atoms with van der Waals surface area (Å²) >= 11 is 1.43. The highest BCUT2D eigenvalue weighted by atomic mass is 32.2. The smallest absolute Gasteiger partial charge is 0.234 e. The van der Waals surface area contributed by atoms with Crippen LogP contribution in [-0.2, 0) is 17.9 Å². The van der Waals surface area contributed by atoms with Crippen molar-refractivity contribution in [2.45, 2.75) is 38.0 Å². The van der Waals surface area contributed by atoms with Crippen molar-refractivity contribution in [2.24, 2.45) is 0 Å². The van der Waals surface area contributed by atoms with Crippen LogP contribution in [0.2, 0.25) is 0 Å². The van der Waals surface area contributed by atoms with Crippen molar-refractivity contribution in [3.8, 4) is 0 Å². The highest BCUT2D eigenvalue weighted by Crippen LogP contribution is 2.21. The number of rotatable bonds is 8. The van der Waals surface area contributed by atoms with Crippen LogP contribution in [0.4, 0.5) is 5.69 Å². The van der Waals surface area contributed by atoms with E-state index in [0.717, 1.165) is 36.3 Å². The van der Waals surface area contributed by atoms with Gasteiger partial charge in [0.1, 0.15) is 5.82 Å². The Kier molecular flexibility index (Phi) is 6.81. The number of aromatic nitrogens is 3. The number of benzene rings is 2. The third kappa shape index (κ3) is 5.49. The van der Waals surface area contributed by atoms with E-state index in [1.165, 1.54) is 35.7 Å². The average Bonchev–Trinajstić information content (AvgIpc) is 3.40. The lowest BCUT2D eigenvalue weighted by Gasteiger charge is -2.16. The van der Waals surface area contributed by atoms with Crippen LogP contribution in [-0.4, -0.2) is 44.4 Å². The van der Waals surface area contributed by atoms with Crippen LogP contribution in [0.3, 0.4) is 0 Å². The van der Waals surface area contributed by atoms with Gasteiger partial charge in [0.2, 0.25) is 5.91 Å². The fourth-order valence-corrected chi connectivity index (χ4v) is 4.33. The van der Waals surface area contributed by atoms with Crippen LogP contribution in [0.15, 0.2) is 59.8 Å². The van der Waals surface area contributed by atoms with E-state index < -0.39 is 0 Å². The molecule has 4 rings (SSSR count). The molecule has 1 N–H and O–H groups in total. The van der Waals surface area contributed by atoms with Gasteiger partial charge in [0.05, 0.1) is 18.8 Å². The number of hydrogen-bond acceptors (Lipinski definition) is 5. The standard InChI is InChI=1S/C23H27N5OS/c1-18-9-11-20(12-10-18)24-22(29)17-30-23-26-25-21(16-27-13-5-6-14-27)28(23)15-19-7-3-2-4-8-19/h2-4,7-12H,5-6,13-17H2,1H3,(H,24,29). The van der Waals surface area contributed by atoms with E-state index in [1.54, 1.807) is 0 Å². The third-order valence-electron chi connectivity index (χ3n) is 5.21. The molecule has 0 radical (unpaired) electrons. The van der Waals surface area contributed by atoms with Crippen LogP contribution < -0.4 is 5.32 Å². The SMILES string of the molecule is Cc1ccc(NC(=O)CSc2nnc(CN3CCCC3)n2Cc2ccccc2)cc1. The van der Waals surface area contributed by atoms with Gasteiger partial charge in [0.25, 0.3) is 0 Å². The molecule has 0 aliphatic carbocycles. The van der Waals surface area contributed by atoms with Crippen molar-refractivity contribution in [3.63, 3.8) is 0 Å². The molecule has 6 nitrogen and oxygen atoms in total. The lowest BCUT2D eigenvalue weighted by atomic mass is 10.2. The number of likely N-dealkylation sites (tertiary alicyclic amines) is 1. The minimum absolute atomic E-state index is 0.0424. The van der Waals surface area contributed by atoms with E-state index >= 15 is 0 Å². The van der Waals surface area contributed by atoms with E-state index in [4.69, 9.17) is 0 Å². The normalized spacial score (nSPS) is 14.2. The highest BCUT2D eigenvalue weighted by Gasteiger charge is 2.19. The van der Waals surface area contributed by atoms with E-state index in [-0.39, 0.29) is 5.91 Å². The number of nitrogens with one attached hydrogen (secondary N) is 1. The Hall–Kier alpha value is -2.64. The monoisotopic (exact) mass is 421 g/mol. The third-order valence-corrected chi connectivity index (χ3v) is 6.18. The van der Waals surface area contributed by atoms with Crippen LogP contribution in [0.25, 0.3) is 0 Å². The zero-order valence-electron chi connectivity index (χ0n) is 17.3. The molecule has 0 saturated carbocycles. The van der Waals surface area contributed by atoms with Crippen LogP contribution in [0.1, 0.15) is 29.8 Å². The molecular weight excluding hydrogens is 394 g/mol. The largest absolute Gasteiger partial charge is 0.325 e. The summed E-state index contributed by atoms with van der Waals surface area (Å²) in [5, 5.41) is 12.6. The summed E-state index contributed by atoms with van der Waals surface area (Å²) in [5.41, 5.74) is 3.18. The van der Waals surface area contributed by atoms with E-state index in [1.807, 2.05) is 49.4 Å². The first-order valence-electron chi connectivity index (χ1n) is 10.3.